The van der Waals surface area contributed by atoms with Crippen molar-refractivity contribution >= 4 is 11.9 Å². The number of urea groups is 1. The summed E-state index contributed by atoms with van der Waals surface area (Å²) in [5.41, 5.74) is 0.803. The Morgan fingerprint density at radius 2 is 1.80 bits per heavy atom. The van der Waals surface area contributed by atoms with Crippen LogP contribution in [0.25, 0.3) is 0 Å². The lowest BCUT2D eigenvalue weighted by Crippen LogP contribution is -2.49. The van der Waals surface area contributed by atoms with Gasteiger partial charge in [-0.1, -0.05) is 31.4 Å². The molecule has 1 N–H and O–H groups in total. The summed E-state index contributed by atoms with van der Waals surface area (Å²) < 4.78 is 24.5. The summed E-state index contributed by atoms with van der Waals surface area (Å²) in [6.45, 7) is 5.85. The smallest absolute Gasteiger partial charge is 0.318 e. The average Bonchev–Trinajstić information content (AvgIpc) is 3.27. The van der Waals surface area contributed by atoms with Crippen LogP contribution in [-0.2, 0) is 22.6 Å². The van der Waals surface area contributed by atoms with Crippen molar-refractivity contribution in [3.8, 4) is 0 Å². The van der Waals surface area contributed by atoms with E-state index in [2.05, 4.69) is 5.32 Å². The van der Waals surface area contributed by atoms with E-state index in [1.807, 2.05) is 26.0 Å². The van der Waals surface area contributed by atoms with Crippen molar-refractivity contribution in [2.24, 2.45) is 0 Å². The lowest BCUT2D eigenvalue weighted by molar-refractivity contribution is -0.133. The summed E-state index contributed by atoms with van der Waals surface area (Å²) in [6, 6.07) is 9.74. The number of halogens is 1. The molecule has 35 heavy (non-hydrogen) atoms. The van der Waals surface area contributed by atoms with E-state index in [1.54, 1.807) is 21.9 Å². The van der Waals surface area contributed by atoms with Gasteiger partial charge in [-0.05, 0) is 62.9 Å². The molecule has 0 spiro atoms. The minimum absolute atomic E-state index is 0.0500. The van der Waals surface area contributed by atoms with Gasteiger partial charge in [0.1, 0.15) is 23.9 Å². The lowest BCUT2D eigenvalue weighted by atomic mass is 9.96. The molecule has 3 rings (SSSR count). The molecule has 1 heterocycles. The van der Waals surface area contributed by atoms with Gasteiger partial charge in [-0.3, -0.25) is 4.79 Å². The number of furan rings is 1. The zero-order chi connectivity index (χ0) is 25.0. The van der Waals surface area contributed by atoms with Crippen LogP contribution in [0.1, 0.15) is 62.5 Å². The van der Waals surface area contributed by atoms with Crippen LogP contribution >= 0.6 is 0 Å². The number of nitrogens with one attached hydrogen (secondary N) is 1. The average molecular weight is 488 g/mol. The number of benzene rings is 1. The maximum atomic E-state index is 13.5. The van der Waals surface area contributed by atoms with E-state index in [0.717, 1.165) is 37.0 Å². The third kappa shape index (κ3) is 9.02. The van der Waals surface area contributed by atoms with Gasteiger partial charge in [-0.15, -0.1) is 0 Å². The molecule has 1 fully saturated rings. The Balaban J connectivity index is 1.71. The van der Waals surface area contributed by atoms with Gasteiger partial charge in [0.05, 0.1) is 6.54 Å². The van der Waals surface area contributed by atoms with Crippen LogP contribution in [0.4, 0.5) is 9.18 Å². The predicted octanol–water partition coefficient (Wildman–Crippen LogP) is 5.03. The molecule has 0 aliphatic heterocycles. The van der Waals surface area contributed by atoms with Crippen LogP contribution in [0.3, 0.4) is 0 Å². The second kappa shape index (κ2) is 13.9. The van der Waals surface area contributed by atoms with E-state index in [0.29, 0.717) is 31.9 Å². The molecule has 1 aromatic carbocycles. The Morgan fingerprint density at radius 1 is 1.06 bits per heavy atom. The number of aryl methyl sites for hydroxylation is 1. The van der Waals surface area contributed by atoms with Gasteiger partial charge in [-0.2, -0.15) is 0 Å². The highest BCUT2D eigenvalue weighted by Gasteiger charge is 2.25. The van der Waals surface area contributed by atoms with Crippen molar-refractivity contribution < 1.29 is 23.1 Å². The summed E-state index contributed by atoms with van der Waals surface area (Å²) in [4.78, 5) is 29.8. The maximum absolute atomic E-state index is 13.5. The number of hydrogen-bond acceptors (Lipinski definition) is 4. The molecule has 8 heteroatoms. The lowest BCUT2D eigenvalue weighted by Gasteiger charge is -2.30. The van der Waals surface area contributed by atoms with Crippen LogP contribution in [0, 0.1) is 12.7 Å². The molecular weight excluding hydrogens is 449 g/mol. The van der Waals surface area contributed by atoms with Gasteiger partial charge in [0.25, 0.3) is 0 Å². The number of amides is 3. The number of carbonyl (C=O) groups excluding carboxylic acids is 2. The minimum Gasteiger partial charge on any atom is -0.464 e. The molecule has 1 aliphatic carbocycles. The standard InChI is InChI=1S/C27H38FN3O4/c1-3-34-17-7-16-30(27(33)29-24-8-5-4-6-9-24)20-26(32)31(19-25-15-10-21(2)35-25)18-22-11-13-23(28)14-12-22/h10-15,24H,3-9,16-20H2,1-2H3,(H,29,33). The van der Waals surface area contributed by atoms with Crippen molar-refractivity contribution in [2.75, 3.05) is 26.3 Å². The first-order chi connectivity index (χ1) is 16.9. The molecule has 1 aliphatic rings. The molecular formula is C27H38FN3O4. The van der Waals surface area contributed by atoms with Crippen LogP contribution in [0.2, 0.25) is 0 Å². The number of hydrogen-bond donors (Lipinski definition) is 1. The molecule has 2 aromatic rings. The van der Waals surface area contributed by atoms with Gasteiger partial charge in [0.15, 0.2) is 0 Å². The van der Waals surface area contributed by atoms with Gasteiger partial charge in [0, 0.05) is 32.3 Å². The van der Waals surface area contributed by atoms with E-state index >= 15 is 0 Å². The predicted molar refractivity (Wildman–Crippen MR) is 132 cm³/mol. The van der Waals surface area contributed by atoms with Crippen LogP contribution < -0.4 is 5.32 Å². The fourth-order valence-electron chi connectivity index (χ4n) is 4.33. The van der Waals surface area contributed by atoms with Gasteiger partial charge < -0.3 is 24.3 Å². The SMILES string of the molecule is CCOCCCN(CC(=O)N(Cc1ccc(F)cc1)Cc1ccc(C)o1)C(=O)NC1CCCCC1. The van der Waals surface area contributed by atoms with Crippen molar-refractivity contribution in [3.05, 3.63) is 59.3 Å². The number of ether oxygens (including phenoxy) is 1. The number of rotatable bonds is 12. The highest BCUT2D eigenvalue weighted by Crippen LogP contribution is 2.18. The van der Waals surface area contributed by atoms with Gasteiger partial charge in [0.2, 0.25) is 5.91 Å². The monoisotopic (exact) mass is 487 g/mol. The minimum atomic E-state index is -0.326. The van der Waals surface area contributed by atoms with Crippen LogP contribution in [0.5, 0.6) is 0 Å². The second-order valence-electron chi connectivity index (χ2n) is 9.15. The Bertz CT molecular complexity index is 925. The quantitative estimate of drug-likeness (QED) is 0.426. The molecule has 192 valence electrons. The molecule has 0 saturated heterocycles. The Hall–Kier alpha value is -2.87. The summed E-state index contributed by atoms with van der Waals surface area (Å²) in [5.74, 6) is 0.901. The first-order valence-corrected chi connectivity index (χ1v) is 12.6. The molecule has 1 aromatic heterocycles. The molecule has 0 atom stereocenters. The Kier molecular flexibility index (Phi) is 10.6. The molecule has 0 radical (unpaired) electrons. The van der Waals surface area contributed by atoms with Crippen LogP contribution in [0.15, 0.2) is 40.8 Å². The van der Waals surface area contributed by atoms with Crippen molar-refractivity contribution in [2.45, 2.75) is 71.5 Å². The molecule has 1 saturated carbocycles. The van der Waals surface area contributed by atoms with E-state index in [1.165, 1.54) is 18.6 Å². The van der Waals surface area contributed by atoms with Crippen molar-refractivity contribution in [3.63, 3.8) is 0 Å². The topological polar surface area (TPSA) is 75.0 Å². The summed E-state index contributed by atoms with van der Waals surface area (Å²) in [7, 11) is 0. The first kappa shape index (κ1) is 26.7. The van der Waals surface area contributed by atoms with Gasteiger partial charge >= 0.3 is 6.03 Å². The molecule has 3 amide bonds. The summed E-state index contributed by atoms with van der Waals surface area (Å²) >= 11 is 0. The van der Waals surface area contributed by atoms with Crippen molar-refractivity contribution in [1.29, 1.82) is 0 Å². The Morgan fingerprint density at radius 3 is 2.46 bits per heavy atom. The largest absolute Gasteiger partial charge is 0.464 e. The fourth-order valence-corrected chi connectivity index (χ4v) is 4.33. The van der Waals surface area contributed by atoms with E-state index < -0.39 is 0 Å². The van der Waals surface area contributed by atoms with Crippen molar-refractivity contribution in [1.82, 2.24) is 15.1 Å². The zero-order valence-corrected chi connectivity index (χ0v) is 20.9. The second-order valence-corrected chi connectivity index (χ2v) is 9.15. The fraction of sp³-hybridized carbons (Fsp3) is 0.556. The van der Waals surface area contributed by atoms with E-state index in [4.69, 9.17) is 9.15 Å². The number of carbonyl (C=O) groups is 2. The summed E-state index contributed by atoms with van der Waals surface area (Å²) in [5, 5.41) is 3.13. The molecule has 0 bridgehead atoms. The third-order valence-corrected chi connectivity index (χ3v) is 6.25. The molecule has 7 nitrogen and oxygen atoms in total. The van der Waals surface area contributed by atoms with Crippen LogP contribution in [-0.4, -0.2) is 54.1 Å². The maximum Gasteiger partial charge on any atom is 0.318 e. The normalized spacial score (nSPS) is 14.0. The van der Waals surface area contributed by atoms with Gasteiger partial charge in [-0.25, -0.2) is 9.18 Å². The first-order valence-electron chi connectivity index (χ1n) is 12.6. The van der Waals surface area contributed by atoms with E-state index in [9.17, 15) is 14.0 Å². The number of nitrogens with zero attached hydrogens (tertiary/aromatic N) is 2. The zero-order valence-electron chi connectivity index (χ0n) is 20.9. The highest BCUT2D eigenvalue weighted by atomic mass is 19.1. The summed E-state index contributed by atoms with van der Waals surface area (Å²) in [6.07, 6.45) is 6.02. The highest BCUT2D eigenvalue weighted by molar-refractivity contribution is 5.84. The third-order valence-electron chi connectivity index (χ3n) is 6.25. The van der Waals surface area contributed by atoms with E-state index in [-0.39, 0.29) is 43.4 Å². The molecule has 0 unspecified atom stereocenters. The Labute approximate surface area is 207 Å².